The molecule has 0 spiro atoms. The van der Waals surface area contributed by atoms with Crippen molar-refractivity contribution < 1.29 is 13.2 Å². The Kier molecular flexibility index (Phi) is 4.70. The minimum Gasteiger partial charge on any atom is -0.457 e. The van der Waals surface area contributed by atoms with E-state index in [2.05, 4.69) is 15.9 Å². The lowest BCUT2D eigenvalue weighted by Gasteiger charge is -2.11. The maximum atomic E-state index is 11.5. The molecule has 0 aliphatic carbocycles. The molecule has 0 fully saturated rings. The molecule has 2 aromatic rings. The van der Waals surface area contributed by atoms with Crippen molar-refractivity contribution >= 4 is 25.8 Å². The predicted octanol–water partition coefficient (Wildman–Crippen LogP) is 3.66. The lowest BCUT2D eigenvalue weighted by molar-refractivity contribution is 0.480. The van der Waals surface area contributed by atoms with Crippen molar-refractivity contribution in [2.24, 2.45) is 5.73 Å². The van der Waals surface area contributed by atoms with Crippen LogP contribution in [0.3, 0.4) is 0 Å². The van der Waals surface area contributed by atoms with E-state index < -0.39 is 9.84 Å². The van der Waals surface area contributed by atoms with Crippen LogP contribution < -0.4 is 10.5 Å². The van der Waals surface area contributed by atoms with Crippen LogP contribution in [0.5, 0.6) is 11.5 Å². The van der Waals surface area contributed by atoms with Crippen LogP contribution in [0.1, 0.15) is 18.5 Å². The van der Waals surface area contributed by atoms with E-state index in [1.54, 1.807) is 18.2 Å². The number of benzene rings is 2. The van der Waals surface area contributed by atoms with Crippen LogP contribution in [0.2, 0.25) is 0 Å². The summed E-state index contributed by atoms with van der Waals surface area (Å²) >= 11 is 3.45. The van der Waals surface area contributed by atoms with Gasteiger partial charge in [0.05, 0.1) is 4.90 Å². The Balaban J connectivity index is 2.29. The van der Waals surface area contributed by atoms with Crippen molar-refractivity contribution in [3.8, 4) is 11.5 Å². The Morgan fingerprint density at radius 3 is 2.38 bits per heavy atom. The normalized spacial score (nSPS) is 13.0. The van der Waals surface area contributed by atoms with E-state index in [4.69, 9.17) is 10.5 Å². The molecule has 0 aromatic heterocycles. The van der Waals surface area contributed by atoms with Crippen molar-refractivity contribution in [2.45, 2.75) is 17.9 Å². The number of hydrogen-bond acceptors (Lipinski definition) is 4. The molecule has 21 heavy (non-hydrogen) atoms. The fourth-order valence-corrected chi connectivity index (χ4v) is 3.22. The van der Waals surface area contributed by atoms with Crippen molar-refractivity contribution in [3.63, 3.8) is 0 Å². The summed E-state index contributed by atoms with van der Waals surface area (Å²) in [6.07, 6.45) is 1.17. The van der Waals surface area contributed by atoms with Crippen LogP contribution in [-0.2, 0) is 9.84 Å². The average molecular weight is 370 g/mol. The third-order valence-electron chi connectivity index (χ3n) is 2.93. The highest BCUT2D eigenvalue weighted by molar-refractivity contribution is 9.10. The smallest absolute Gasteiger partial charge is 0.175 e. The van der Waals surface area contributed by atoms with Crippen LogP contribution in [-0.4, -0.2) is 14.7 Å². The second-order valence-corrected chi connectivity index (χ2v) is 7.69. The molecule has 6 heteroatoms. The lowest BCUT2D eigenvalue weighted by atomic mass is 10.1. The molecule has 0 aliphatic rings. The van der Waals surface area contributed by atoms with Gasteiger partial charge in [-0.05, 0) is 42.8 Å². The quantitative estimate of drug-likeness (QED) is 0.892. The Hall–Kier alpha value is -1.37. The summed E-state index contributed by atoms with van der Waals surface area (Å²) in [5.41, 5.74) is 6.83. The Morgan fingerprint density at radius 1 is 1.14 bits per heavy atom. The molecule has 0 saturated heterocycles. The molecular formula is C15H16BrNO3S. The van der Waals surface area contributed by atoms with Gasteiger partial charge in [0.15, 0.2) is 9.84 Å². The summed E-state index contributed by atoms with van der Waals surface area (Å²) in [5.74, 6) is 1.08. The molecule has 0 amide bonds. The third kappa shape index (κ3) is 4.06. The van der Waals surface area contributed by atoms with Gasteiger partial charge < -0.3 is 10.5 Å². The standard InChI is InChI=1S/C15H16BrNO3S/c1-10(17)14-7-6-12(9-15(14)16)20-11-4-3-5-13(8-11)21(2,18)19/h3-10H,17H2,1-2H3/t10-/m1/s1. The van der Waals surface area contributed by atoms with Gasteiger partial charge in [-0.2, -0.15) is 0 Å². The molecule has 2 aromatic carbocycles. The molecule has 112 valence electrons. The fourth-order valence-electron chi connectivity index (χ4n) is 1.85. The van der Waals surface area contributed by atoms with Crippen LogP contribution in [0.15, 0.2) is 51.8 Å². The van der Waals surface area contributed by atoms with Gasteiger partial charge in [-0.15, -0.1) is 0 Å². The third-order valence-corrected chi connectivity index (χ3v) is 4.73. The molecule has 4 nitrogen and oxygen atoms in total. The summed E-state index contributed by atoms with van der Waals surface area (Å²) in [5, 5.41) is 0. The first-order chi connectivity index (χ1) is 9.77. The Labute approximate surface area is 133 Å². The average Bonchev–Trinajstić information content (AvgIpc) is 2.37. The van der Waals surface area contributed by atoms with Crippen molar-refractivity contribution in [1.82, 2.24) is 0 Å². The Bertz CT molecular complexity index is 757. The monoisotopic (exact) mass is 369 g/mol. The van der Waals surface area contributed by atoms with Gasteiger partial charge >= 0.3 is 0 Å². The number of ether oxygens (including phenoxy) is 1. The zero-order chi connectivity index (χ0) is 15.6. The maximum absolute atomic E-state index is 11.5. The van der Waals surface area contributed by atoms with E-state index in [-0.39, 0.29) is 10.9 Å². The van der Waals surface area contributed by atoms with Crippen LogP contribution in [0.25, 0.3) is 0 Å². The first-order valence-corrected chi connectivity index (χ1v) is 8.99. The van der Waals surface area contributed by atoms with E-state index in [1.807, 2.05) is 19.1 Å². The van der Waals surface area contributed by atoms with Gasteiger partial charge in [-0.25, -0.2) is 8.42 Å². The Morgan fingerprint density at radius 2 is 1.81 bits per heavy atom. The van der Waals surface area contributed by atoms with Crippen molar-refractivity contribution in [3.05, 3.63) is 52.5 Å². The molecule has 0 radical (unpaired) electrons. The SMILES string of the molecule is C[C@@H](N)c1ccc(Oc2cccc(S(C)(=O)=O)c2)cc1Br. The summed E-state index contributed by atoms with van der Waals surface area (Å²) < 4.78 is 29.6. The van der Waals surface area contributed by atoms with Crippen LogP contribution in [0, 0.1) is 0 Å². The van der Waals surface area contributed by atoms with Gasteiger partial charge in [0, 0.05) is 16.8 Å². The van der Waals surface area contributed by atoms with Crippen molar-refractivity contribution in [1.29, 1.82) is 0 Å². The number of nitrogens with two attached hydrogens (primary N) is 1. The number of halogens is 1. The fraction of sp³-hybridized carbons (Fsp3) is 0.200. The first-order valence-electron chi connectivity index (χ1n) is 6.30. The maximum Gasteiger partial charge on any atom is 0.175 e. The van der Waals surface area contributed by atoms with E-state index in [1.165, 1.54) is 18.4 Å². The molecule has 2 N–H and O–H groups in total. The predicted molar refractivity (Wildman–Crippen MR) is 86.4 cm³/mol. The highest BCUT2D eigenvalue weighted by Gasteiger charge is 2.10. The number of hydrogen-bond donors (Lipinski definition) is 1. The summed E-state index contributed by atoms with van der Waals surface area (Å²) in [6.45, 7) is 1.90. The minimum atomic E-state index is -3.25. The largest absolute Gasteiger partial charge is 0.457 e. The van der Waals surface area contributed by atoms with Crippen molar-refractivity contribution in [2.75, 3.05) is 6.26 Å². The highest BCUT2D eigenvalue weighted by atomic mass is 79.9. The zero-order valence-corrected chi connectivity index (χ0v) is 14.1. The van der Waals surface area contributed by atoms with Gasteiger partial charge in [0.1, 0.15) is 11.5 Å². The minimum absolute atomic E-state index is 0.0815. The van der Waals surface area contributed by atoms with Gasteiger partial charge in [0.2, 0.25) is 0 Å². The molecular weight excluding hydrogens is 354 g/mol. The van der Waals surface area contributed by atoms with Gasteiger partial charge in [-0.3, -0.25) is 0 Å². The molecule has 0 heterocycles. The second-order valence-electron chi connectivity index (χ2n) is 4.82. The summed E-state index contributed by atoms with van der Waals surface area (Å²) in [4.78, 5) is 0.228. The molecule has 0 unspecified atom stereocenters. The first kappa shape index (κ1) is 16.0. The van der Waals surface area contributed by atoms with Gasteiger partial charge in [0.25, 0.3) is 0 Å². The molecule has 2 rings (SSSR count). The topological polar surface area (TPSA) is 69.4 Å². The van der Waals surface area contributed by atoms with Crippen LogP contribution in [0.4, 0.5) is 0 Å². The van der Waals surface area contributed by atoms with E-state index in [9.17, 15) is 8.42 Å². The van der Waals surface area contributed by atoms with Crippen LogP contribution >= 0.6 is 15.9 Å². The molecule has 0 saturated carbocycles. The zero-order valence-electron chi connectivity index (χ0n) is 11.7. The number of rotatable bonds is 4. The summed E-state index contributed by atoms with van der Waals surface area (Å²) in [6, 6.07) is 11.8. The highest BCUT2D eigenvalue weighted by Crippen LogP contribution is 2.30. The van der Waals surface area contributed by atoms with E-state index >= 15 is 0 Å². The molecule has 0 aliphatic heterocycles. The molecule has 1 atom stereocenters. The second kappa shape index (κ2) is 6.17. The summed E-state index contributed by atoms with van der Waals surface area (Å²) in [7, 11) is -3.25. The van der Waals surface area contributed by atoms with Gasteiger partial charge in [-0.1, -0.05) is 28.1 Å². The number of sulfone groups is 1. The lowest BCUT2D eigenvalue weighted by Crippen LogP contribution is -2.05. The van der Waals surface area contributed by atoms with E-state index in [0.29, 0.717) is 11.5 Å². The molecule has 0 bridgehead atoms. The van der Waals surface area contributed by atoms with E-state index in [0.717, 1.165) is 10.0 Å².